The minimum Gasteiger partial charge on any atom is -0.461 e. The van der Waals surface area contributed by atoms with E-state index in [1.54, 1.807) is 18.2 Å². The Morgan fingerprint density at radius 3 is 2.55 bits per heavy atom. The predicted octanol–water partition coefficient (Wildman–Crippen LogP) is 8.79. The van der Waals surface area contributed by atoms with Crippen LogP contribution in [0.3, 0.4) is 0 Å². The molecule has 3 saturated heterocycles. The molecular formula is C43H52F4N6O2Si. The maximum absolute atomic E-state index is 17.4. The molecule has 2 N–H and O–H groups in total. The van der Waals surface area contributed by atoms with Crippen LogP contribution >= 0.6 is 0 Å². The number of rotatable bonds is 8. The van der Waals surface area contributed by atoms with Crippen LogP contribution in [0.4, 0.5) is 29.1 Å². The topological polar surface area (TPSA) is 89.6 Å². The lowest BCUT2D eigenvalue weighted by atomic mass is 9.95. The number of nitrogens with zero attached hydrogens (tertiary/aromatic N) is 5. The summed E-state index contributed by atoms with van der Waals surface area (Å²) < 4.78 is 75.6. The van der Waals surface area contributed by atoms with Gasteiger partial charge in [-0.2, -0.15) is 9.97 Å². The first-order valence-electron chi connectivity index (χ1n) is 20.1. The van der Waals surface area contributed by atoms with Gasteiger partial charge >= 0.3 is 6.01 Å². The van der Waals surface area contributed by atoms with Crippen molar-refractivity contribution < 1.29 is 27.0 Å². The number of fused-ring (bicyclic) bond motifs is 4. The van der Waals surface area contributed by atoms with Crippen LogP contribution in [0.5, 0.6) is 6.01 Å². The molecule has 56 heavy (non-hydrogen) atoms. The molecule has 5 heterocycles. The van der Waals surface area contributed by atoms with Crippen LogP contribution in [0.25, 0.3) is 32.9 Å². The fourth-order valence-corrected chi connectivity index (χ4v) is 15.7. The number of pyridine rings is 1. The summed E-state index contributed by atoms with van der Waals surface area (Å²) in [6.45, 7) is 16.7. The third-order valence-corrected chi connectivity index (χ3v) is 19.6. The number of alkyl halides is 2. The summed E-state index contributed by atoms with van der Waals surface area (Å²) in [7, 11) is -2.29. The summed E-state index contributed by atoms with van der Waals surface area (Å²) in [6, 6.07) is 5.93. The Labute approximate surface area is 327 Å². The Morgan fingerprint density at radius 1 is 1.07 bits per heavy atom. The van der Waals surface area contributed by atoms with Gasteiger partial charge in [0.15, 0.2) is 5.82 Å². The number of hydrogen-bond acceptors (Lipinski definition) is 8. The highest BCUT2D eigenvalue weighted by Crippen LogP contribution is 2.47. The fourth-order valence-electron chi connectivity index (χ4n) is 10.5. The van der Waals surface area contributed by atoms with Crippen molar-refractivity contribution in [1.82, 2.24) is 19.9 Å². The van der Waals surface area contributed by atoms with Crippen molar-refractivity contribution >= 4 is 41.3 Å². The Bertz CT molecular complexity index is 2220. The van der Waals surface area contributed by atoms with Crippen LogP contribution < -0.4 is 15.4 Å². The SMILES string of the molecule is CC(C)[Si](C#Cc1c(F)ccc2cc(N)cc(-c3ncc4c(N5CCOC[C@H]6[C@H](F)[C@H]65)nc(OC[C@@]56CC[C@@H](C)N5C[C@H](F)C6)nc4c3F)c12)(C(C)C)C(C)C. The highest BCUT2D eigenvalue weighted by molar-refractivity contribution is 6.90. The molecule has 2 aromatic carbocycles. The van der Waals surface area contributed by atoms with Gasteiger partial charge in [-0.3, -0.25) is 9.88 Å². The summed E-state index contributed by atoms with van der Waals surface area (Å²) in [5.74, 6) is 1.94. The van der Waals surface area contributed by atoms with E-state index in [0.717, 1.165) is 12.8 Å². The zero-order chi connectivity index (χ0) is 39.8. The van der Waals surface area contributed by atoms with Crippen LogP contribution in [0.1, 0.15) is 73.3 Å². The fraction of sp³-hybridized carbons (Fsp3) is 0.558. The average molecular weight is 789 g/mol. The third-order valence-electron chi connectivity index (χ3n) is 13.3. The van der Waals surface area contributed by atoms with Crippen molar-refractivity contribution in [2.45, 2.75) is 114 Å². The van der Waals surface area contributed by atoms with Crippen molar-refractivity contribution in [2.24, 2.45) is 5.92 Å². The third kappa shape index (κ3) is 6.31. The van der Waals surface area contributed by atoms with Gasteiger partial charge in [0.1, 0.15) is 49.9 Å². The van der Waals surface area contributed by atoms with E-state index >= 15 is 13.2 Å². The molecule has 0 unspecified atom stereocenters. The van der Waals surface area contributed by atoms with E-state index in [2.05, 4.69) is 74.8 Å². The number of aromatic nitrogens is 3. The van der Waals surface area contributed by atoms with E-state index in [4.69, 9.17) is 20.2 Å². The smallest absolute Gasteiger partial charge is 0.319 e. The molecule has 3 aliphatic heterocycles. The maximum atomic E-state index is 17.4. The first kappa shape index (κ1) is 38.9. The molecule has 0 bridgehead atoms. The second-order valence-electron chi connectivity index (χ2n) is 17.5. The molecule has 6 atom stereocenters. The van der Waals surface area contributed by atoms with Gasteiger partial charge in [0.05, 0.1) is 35.7 Å². The molecule has 2 aromatic heterocycles. The van der Waals surface area contributed by atoms with E-state index in [1.807, 2.05) is 4.90 Å². The highest BCUT2D eigenvalue weighted by atomic mass is 28.3. The van der Waals surface area contributed by atoms with E-state index in [-0.39, 0.29) is 58.9 Å². The first-order valence-corrected chi connectivity index (χ1v) is 22.3. The number of nitrogens with two attached hydrogens (primary N) is 1. The predicted molar refractivity (Wildman–Crippen MR) is 216 cm³/mol. The van der Waals surface area contributed by atoms with Crippen LogP contribution in [-0.4, -0.2) is 90.8 Å². The summed E-state index contributed by atoms with van der Waals surface area (Å²) >= 11 is 0. The average Bonchev–Trinajstić information content (AvgIpc) is 3.61. The molecule has 13 heteroatoms. The Hall–Kier alpha value is -3.99. The van der Waals surface area contributed by atoms with Gasteiger partial charge in [-0.15, -0.1) is 5.54 Å². The van der Waals surface area contributed by atoms with Gasteiger partial charge < -0.3 is 20.1 Å². The number of nitrogen functional groups attached to an aromatic ring is 1. The molecule has 0 radical (unpaired) electrons. The minimum atomic E-state index is -2.29. The first-order chi connectivity index (χ1) is 26.7. The van der Waals surface area contributed by atoms with Crippen LogP contribution in [0.2, 0.25) is 16.6 Å². The van der Waals surface area contributed by atoms with Crippen molar-refractivity contribution in [3.63, 3.8) is 0 Å². The molecule has 4 aromatic rings. The van der Waals surface area contributed by atoms with Gasteiger partial charge in [-0.25, -0.2) is 17.6 Å². The largest absolute Gasteiger partial charge is 0.461 e. The molecule has 0 amide bonds. The molecule has 1 saturated carbocycles. The van der Waals surface area contributed by atoms with E-state index in [0.29, 0.717) is 65.0 Å². The van der Waals surface area contributed by atoms with Crippen molar-refractivity contribution in [1.29, 1.82) is 0 Å². The lowest BCUT2D eigenvalue weighted by molar-refractivity contribution is 0.0889. The van der Waals surface area contributed by atoms with Crippen LogP contribution in [0, 0.1) is 29.0 Å². The molecule has 1 aliphatic carbocycles. The maximum Gasteiger partial charge on any atom is 0.319 e. The second kappa shape index (κ2) is 14.4. The zero-order valence-electron chi connectivity index (χ0n) is 33.3. The number of benzene rings is 2. The Balaban J connectivity index is 1.30. The molecule has 8 nitrogen and oxygen atoms in total. The Kier molecular flexibility index (Phi) is 10.0. The second-order valence-corrected chi connectivity index (χ2v) is 23.1. The zero-order valence-corrected chi connectivity index (χ0v) is 34.3. The monoisotopic (exact) mass is 788 g/mol. The van der Waals surface area contributed by atoms with Crippen molar-refractivity contribution in [3.8, 4) is 28.7 Å². The number of hydrogen-bond donors (Lipinski definition) is 1. The quantitative estimate of drug-likeness (QED) is 0.0821. The van der Waals surface area contributed by atoms with E-state index < -0.39 is 43.6 Å². The van der Waals surface area contributed by atoms with Crippen molar-refractivity contribution in [3.05, 3.63) is 47.7 Å². The lowest BCUT2D eigenvalue weighted by Gasteiger charge is -2.38. The van der Waals surface area contributed by atoms with Crippen molar-refractivity contribution in [2.75, 3.05) is 43.5 Å². The summed E-state index contributed by atoms with van der Waals surface area (Å²) in [6.07, 6.45) is 1.38. The lowest BCUT2D eigenvalue weighted by Crippen LogP contribution is -2.46. The molecule has 4 aliphatic rings. The van der Waals surface area contributed by atoms with Crippen LogP contribution in [-0.2, 0) is 4.74 Å². The molecule has 298 valence electrons. The summed E-state index contributed by atoms with van der Waals surface area (Å²) in [5, 5.41) is 1.28. The summed E-state index contributed by atoms with van der Waals surface area (Å²) in [4.78, 5) is 18.0. The van der Waals surface area contributed by atoms with Gasteiger partial charge in [-0.05, 0) is 60.0 Å². The van der Waals surface area contributed by atoms with E-state index in [1.165, 1.54) is 12.3 Å². The van der Waals surface area contributed by atoms with Gasteiger partial charge in [0, 0.05) is 54.3 Å². The van der Waals surface area contributed by atoms with E-state index in [9.17, 15) is 4.39 Å². The Morgan fingerprint density at radius 2 is 1.82 bits per heavy atom. The number of anilines is 2. The molecular weight excluding hydrogens is 737 g/mol. The normalized spacial score (nSPS) is 26.5. The van der Waals surface area contributed by atoms with Gasteiger partial charge in [0.2, 0.25) is 0 Å². The van der Waals surface area contributed by atoms with Crippen LogP contribution in [0.15, 0.2) is 30.5 Å². The van der Waals surface area contributed by atoms with Gasteiger partial charge in [-0.1, -0.05) is 53.5 Å². The number of ether oxygens (including phenoxy) is 2. The minimum absolute atomic E-state index is 0.0813. The molecule has 8 rings (SSSR count). The highest BCUT2D eigenvalue weighted by Gasteiger charge is 2.57. The van der Waals surface area contributed by atoms with Gasteiger partial charge in [0.25, 0.3) is 0 Å². The summed E-state index contributed by atoms with van der Waals surface area (Å²) in [5.41, 5.74) is 11.1. The molecule has 4 fully saturated rings. The molecule has 0 spiro atoms. The number of halogens is 4. The standard InChI is InChI=1S/C43H52F4N6O2Si/c1-23(2)56(24(3)4,25(5)6)15-11-30-34(45)9-8-27-16-29(48)17-31(35(27)30)38-37(47)39-32(19-49-38)41(52-13-14-54-21-33-36(46)40(33)52)51-42(50-39)55-22-43-12-10-26(7)53(43)20-28(44)18-43/h8-9,16-17,19,23-26,28,33,36,40H,10,12-14,18,20-22,48H2,1-7H3/t26-,28-,33+,36+,40+,43+/m1/s1.